The Morgan fingerprint density at radius 1 is 1.04 bits per heavy atom. The van der Waals surface area contributed by atoms with Crippen molar-refractivity contribution in [3.05, 3.63) is 89.2 Å². The Hall–Kier alpha value is -3.47. The van der Waals surface area contributed by atoms with Gasteiger partial charge >= 0.3 is 5.97 Å². The maximum Gasteiger partial charge on any atom is 0.339 e. The summed E-state index contributed by atoms with van der Waals surface area (Å²) in [5.41, 5.74) is 6.06. The third-order valence-electron chi connectivity index (χ3n) is 4.71. The van der Waals surface area contributed by atoms with E-state index in [1.54, 1.807) is 19.1 Å². The molecule has 28 heavy (non-hydrogen) atoms. The Morgan fingerprint density at radius 2 is 1.71 bits per heavy atom. The molecule has 4 rings (SSSR count). The minimum absolute atomic E-state index is 0.0755. The fraction of sp³-hybridized carbons (Fsp3) is 0.174. The summed E-state index contributed by atoms with van der Waals surface area (Å²) in [6.07, 6.45) is 3.32. The first-order chi connectivity index (χ1) is 13.8. The van der Waals surface area contributed by atoms with Crippen molar-refractivity contribution >= 4 is 12.2 Å². The third kappa shape index (κ3) is 3.51. The van der Waals surface area contributed by atoms with Crippen LogP contribution in [0.3, 0.4) is 0 Å². The molecule has 5 heteroatoms. The molecule has 0 aliphatic heterocycles. The summed E-state index contributed by atoms with van der Waals surface area (Å²) < 4.78 is 4.95. The van der Waals surface area contributed by atoms with Crippen molar-refractivity contribution in [1.29, 1.82) is 0 Å². The van der Waals surface area contributed by atoms with Crippen LogP contribution in [-0.4, -0.2) is 23.8 Å². The molecule has 140 valence electrons. The summed E-state index contributed by atoms with van der Waals surface area (Å²) in [6.45, 7) is 2.34. The molecule has 1 aromatic heterocycles. The van der Waals surface area contributed by atoms with E-state index < -0.39 is 0 Å². The number of hydrogen-bond acceptors (Lipinski definition) is 5. The molecule has 0 radical (unpaired) electrons. The van der Waals surface area contributed by atoms with Gasteiger partial charge in [-0.25, -0.2) is 4.79 Å². The van der Waals surface area contributed by atoms with E-state index in [1.807, 2.05) is 18.3 Å². The molecular weight excluding hydrogens is 352 g/mol. The first-order valence-corrected chi connectivity index (χ1v) is 9.23. The average molecular weight is 372 g/mol. The first kappa shape index (κ1) is 17.9. The fourth-order valence-corrected chi connectivity index (χ4v) is 3.41. The van der Waals surface area contributed by atoms with E-state index in [1.165, 1.54) is 28.5 Å². The Balaban J connectivity index is 1.42. The van der Waals surface area contributed by atoms with Crippen molar-refractivity contribution < 1.29 is 14.4 Å². The number of oxime groups is 1. The van der Waals surface area contributed by atoms with Gasteiger partial charge in [-0.1, -0.05) is 53.7 Å². The molecule has 0 atom stereocenters. The van der Waals surface area contributed by atoms with Crippen molar-refractivity contribution in [1.82, 2.24) is 4.98 Å². The maximum absolute atomic E-state index is 11.6. The van der Waals surface area contributed by atoms with E-state index in [-0.39, 0.29) is 18.5 Å². The second-order valence-corrected chi connectivity index (χ2v) is 6.44. The van der Waals surface area contributed by atoms with E-state index in [9.17, 15) is 4.79 Å². The van der Waals surface area contributed by atoms with Gasteiger partial charge < -0.3 is 9.57 Å². The maximum atomic E-state index is 11.6. The van der Waals surface area contributed by atoms with Crippen LogP contribution < -0.4 is 0 Å². The Labute approximate surface area is 163 Å². The van der Waals surface area contributed by atoms with Crippen LogP contribution in [0.5, 0.6) is 0 Å². The van der Waals surface area contributed by atoms with Crippen molar-refractivity contribution in [2.75, 3.05) is 6.61 Å². The highest BCUT2D eigenvalue weighted by molar-refractivity contribution is 5.89. The van der Waals surface area contributed by atoms with Crippen molar-refractivity contribution in [2.45, 2.75) is 19.4 Å². The fourth-order valence-electron chi connectivity index (χ4n) is 3.41. The number of pyridine rings is 1. The predicted molar refractivity (Wildman–Crippen MR) is 107 cm³/mol. The summed E-state index contributed by atoms with van der Waals surface area (Å²) in [6, 6.07) is 20.1. The summed E-state index contributed by atoms with van der Waals surface area (Å²) >= 11 is 0. The smallest absolute Gasteiger partial charge is 0.339 e. The zero-order chi connectivity index (χ0) is 19.3. The normalized spacial score (nSPS) is 12.6. The van der Waals surface area contributed by atoms with Gasteiger partial charge in [-0.2, -0.15) is 0 Å². The lowest BCUT2D eigenvalue weighted by molar-refractivity contribution is 0.0525. The zero-order valence-electron chi connectivity index (χ0n) is 15.5. The minimum atomic E-state index is -0.376. The molecule has 2 aromatic carbocycles. The number of fused-ring (bicyclic) bond motifs is 3. The van der Waals surface area contributed by atoms with Gasteiger partial charge in [0, 0.05) is 12.1 Å². The number of ether oxygens (including phenoxy) is 1. The molecular formula is C23H20N2O3. The van der Waals surface area contributed by atoms with Crippen LogP contribution in [0.25, 0.3) is 11.1 Å². The Bertz CT molecular complexity index is 967. The monoisotopic (exact) mass is 372 g/mol. The van der Waals surface area contributed by atoms with Gasteiger partial charge in [0.15, 0.2) is 6.61 Å². The molecule has 0 N–H and O–H groups in total. The number of carbonyl (C=O) groups excluding carboxylic acids is 1. The molecule has 5 nitrogen and oxygen atoms in total. The third-order valence-corrected chi connectivity index (χ3v) is 4.71. The standard InChI is InChI=1S/C23H20N2O3/c1-2-27-23(26)16-11-12-17(24-13-16)15-28-25-14-22-20-9-5-3-7-18(20)19-8-4-6-10-21(19)22/h3-14,22H,2,15H2,1H3/b25-14+. The molecule has 1 aliphatic rings. The highest BCUT2D eigenvalue weighted by atomic mass is 16.6. The number of aromatic nitrogens is 1. The molecule has 0 amide bonds. The van der Waals surface area contributed by atoms with Crippen molar-refractivity contribution in [3.63, 3.8) is 0 Å². The van der Waals surface area contributed by atoms with E-state index >= 15 is 0 Å². The highest BCUT2D eigenvalue weighted by Crippen LogP contribution is 2.43. The molecule has 1 aliphatic carbocycles. The van der Waals surface area contributed by atoms with Crippen LogP contribution in [0.4, 0.5) is 0 Å². The van der Waals surface area contributed by atoms with Gasteiger partial charge in [0.2, 0.25) is 0 Å². The Kier molecular flexibility index (Phi) is 5.15. The van der Waals surface area contributed by atoms with Crippen molar-refractivity contribution in [2.24, 2.45) is 5.16 Å². The van der Waals surface area contributed by atoms with Gasteiger partial charge in [-0.3, -0.25) is 4.98 Å². The predicted octanol–water partition coefficient (Wildman–Crippen LogP) is 4.57. The summed E-state index contributed by atoms with van der Waals surface area (Å²) in [7, 11) is 0. The van der Waals surface area contributed by atoms with E-state index in [0.717, 1.165) is 0 Å². The number of carbonyl (C=O) groups is 1. The summed E-state index contributed by atoms with van der Waals surface area (Å²) in [5.74, 6) is -0.300. The zero-order valence-corrected chi connectivity index (χ0v) is 15.5. The van der Waals surface area contributed by atoms with Crippen molar-refractivity contribution in [3.8, 4) is 11.1 Å². The molecule has 1 heterocycles. The number of rotatable bonds is 6. The van der Waals surface area contributed by atoms with Gasteiger partial charge in [0.05, 0.1) is 24.1 Å². The van der Waals surface area contributed by atoms with Gasteiger partial charge in [0.1, 0.15) is 0 Å². The second kappa shape index (κ2) is 8.05. The lowest BCUT2D eigenvalue weighted by Crippen LogP contribution is -2.05. The first-order valence-electron chi connectivity index (χ1n) is 9.23. The average Bonchev–Trinajstić information content (AvgIpc) is 3.06. The number of esters is 1. The number of nitrogens with zero attached hydrogens (tertiary/aromatic N) is 2. The summed E-state index contributed by atoms with van der Waals surface area (Å²) in [4.78, 5) is 21.3. The Morgan fingerprint density at radius 3 is 2.32 bits per heavy atom. The largest absolute Gasteiger partial charge is 0.462 e. The summed E-state index contributed by atoms with van der Waals surface area (Å²) in [5, 5.41) is 4.18. The topological polar surface area (TPSA) is 60.8 Å². The molecule has 0 spiro atoms. The molecule has 3 aromatic rings. The van der Waals surface area contributed by atoms with Gasteiger partial charge in [0.25, 0.3) is 0 Å². The molecule has 0 unspecified atom stereocenters. The number of hydrogen-bond donors (Lipinski definition) is 0. The van der Waals surface area contributed by atoms with Crippen LogP contribution in [0.1, 0.15) is 40.0 Å². The van der Waals surface area contributed by atoms with Crippen LogP contribution in [0.15, 0.2) is 72.0 Å². The second-order valence-electron chi connectivity index (χ2n) is 6.44. The quantitative estimate of drug-likeness (QED) is 0.361. The minimum Gasteiger partial charge on any atom is -0.462 e. The molecule has 0 saturated carbocycles. The van der Waals surface area contributed by atoms with Crippen LogP contribution in [0.2, 0.25) is 0 Å². The van der Waals surface area contributed by atoms with Crippen LogP contribution >= 0.6 is 0 Å². The van der Waals surface area contributed by atoms with Crippen LogP contribution in [0, 0.1) is 0 Å². The molecule has 0 fully saturated rings. The number of benzene rings is 2. The van der Waals surface area contributed by atoms with E-state index in [4.69, 9.17) is 9.57 Å². The van der Waals surface area contributed by atoms with Crippen LogP contribution in [-0.2, 0) is 16.2 Å². The van der Waals surface area contributed by atoms with Gasteiger partial charge in [-0.15, -0.1) is 0 Å². The lowest BCUT2D eigenvalue weighted by atomic mass is 9.99. The molecule has 0 bridgehead atoms. The molecule has 0 saturated heterocycles. The van der Waals surface area contributed by atoms with E-state index in [2.05, 4.69) is 46.5 Å². The van der Waals surface area contributed by atoms with E-state index in [0.29, 0.717) is 17.9 Å². The SMILES string of the molecule is CCOC(=O)c1ccc(CO/N=C/C2c3ccccc3-c3ccccc32)nc1. The highest BCUT2D eigenvalue weighted by Gasteiger charge is 2.26. The van der Waals surface area contributed by atoms with Gasteiger partial charge in [-0.05, 0) is 41.3 Å². The lowest BCUT2D eigenvalue weighted by Gasteiger charge is -2.07.